The first-order valence-electron chi connectivity index (χ1n) is 6.72. The summed E-state index contributed by atoms with van der Waals surface area (Å²) in [5, 5.41) is 1.14. The zero-order valence-electron chi connectivity index (χ0n) is 11.3. The van der Waals surface area contributed by atoms with Gasteiger partial charge in [0, 0.05) is 28.0 Å². The van der Waals surface area contributed by atoms with Gasteiger partial charge in [-0.3, -0.25) is 4.79 Å². The Kier molecular flexibility index (Phi) is 2.63. The summed E-state index contributed by atoms with van der Waals surface area (Å²) in [5.74, 6) is -1.04. The number of H-pyrrole nitrogens is 2. The average molecular weight is 296 g/mol. The van der Waals surface area contributed by atoms with E-state index in [1.165, 1.54) is 24.4 Å². The van der Waals surface area contributed by atoms with Crippen molar-refractivity contribution in [2.75, 3.05) is 0 Å². The number of nitrogens with one attached hydrogen (secondary N) is 2. The molecule has 2 heterocycles. The molecule has 2 aromatic carbocycles. The number of carbonyl (C=O) groups is 1. The number of aromatic nitrogens is 2. The van der Waals surface area contributed by atoms with E-state index in [4.69, 9.17) is 0 Å². The van der Waals surface area contributed by atoms with Crippen LogP contribution in [0.2, 0.25) is 0 Å². The zero-order chi connectivity index (χ0) is 15.3. The second-order valence-corrected chi connectivity index (χ2v) is 5.11. The Labute approximate surface area is 123 Å². The second kappa shape index (κ2) is 4.53. The maximum Gasteiger partial charge on any atom is 0.211 e. The van der Waals surface area contributed by atoms with E-state index in [2.05, 4.69) is 9.97 Å². The van der Waals surface area contributed by atoms with E-state index in [9.17, 15) is 13.6 Å². The fraction of sp³-hybridized carbons (Fsp3) is 0. The molecule has 4 rings (SSSR count). The number of para-hydroxylation sites is 1. The lowest BCUT2D eigenvalue weighted by atomic mass is 10.1. The van der Waals surface area contributed by atoms with Gasteiger partial charge in [0.05, 0.1) is 11.2 Å². The molecule has 2 aromatic heterocycles. The minimum Gasteiger partial charge on any atom is -0.358 e. The Morgan fingerprint density at radius 2 is 1.91 bits per heavy atom. The molecule has 3 nitrogen and oxygen atoms in total. The van der Waals surface area contributed by atoms with Crippen LogP contribution in [-0.4, -0.2) is 15.8 Å². The minimum atomic E-state index is -0.407. The predicted molar refractivity (Wildman–Crippen MR) is 79.9 cm³/mol. The van der Waals surface area contributed by atoms with Crippen molar-refractivity contribution in [1.82, 2.24) is 9.97 Å². The summed E-state index contributed by atoms with van der Waals surface area (Å²) in [5.41, 5.74) is 1.69. The Bertz CT molecular complexity index is 1030. The molecule has 0 aliphatic rings. The maximum absolute atomic E-state index is 13.7. The highest BCUT2D eigenvalue weighted by Gasteiger charge is 2.17. The first kappa shape index (κ1) is 12.8. The van der Waals surface area contributed by atoms with Gasteiger partial charge < -0.3 is 9.97 Å². The van der Waals surface area contributed by atoms with Gasteiger partial charge in [0.2, 0.25) is 5.78 Å². The molecule has 0 aliphatic heterocycles. The summed E-state index contributed by atoms with van der Waals surface area (Å²) in [6.07, 6.45) is 1.49. The summed E-state index contributed by atoms with van der Waals surface area (Å²) in [6, 6.07) is 10.4. The van der Waals surface area contributed by atoms with Crippen molar-refractivity contribution in [3.8, 4) is 0 Å². The number of benzene rings is 2. The van der Waals surface area contributed by atoms with Gasteiger partial charge in [0.25, 0.3) is 0 Å². The Morgan fingerprint density at radius 3 is 2.77 bits per heavy atom. The van der Waals surface area contributed by atoms with E-state index < -0.39 is 5.82 Å². The highest BCUT2D eigenvalue weighted by molar-refractivity contribution is 6.16. The van der Waals surface area contributed by atoms with Gasteiger partial charge in [-0.1, -0.05) is 12.1 Å². The number of rotatable bonds is 2. The van der Waals surface area contributed by atoms with Crippen LogP contribution in [-0.2, 0) is 0 Å². The van der Waals surface area contributed by atoms with Crippen molar-refractivity contribution in [3.05, 3.63) is 71.6 Å². The van der Waals surface area contributed by atoms with E-state index >= 15 is 0 Å². The van der Waals surface area contributed by atoms with E-state index in [-0.39, 0.29) is 11.6 Å². The van der Waals surface area contributed by atoms with Crippen LogP contribution in [0.1, 0.15) is 16.1 Å². The monoisotopic (exact) mass is 296 g/mol. The van der Waals surface area contributed by atoms with Gasteiger partial charge in [0.15, 0.2) is 0 Å². The van der Waals surface area contributed by atoms with Crippen molar-refractivity contribution in [3.63, 3.8) is 0 Å². The summed E-state index contributed by atoms with van der Waals surface area (Å²) < 4.78 is 26.9. The standard InChI is InChI=1S/C17H10F2N2O/c18-10-4-5-14-9(6-10)7-15(21-14)17(22)12-8-20-16-11(12)2-1-3-13(16)19/h1-8,20-21H. The molecule has 0 spiro atoms. The number of halogens is 2. The SMILES string of the molecule is O=C(c1cc2cc(F)ccc2[nH]1)c1c[nH]c2c(F)cccc12. The van der Waals surface area contributed by atoms with E-state index in [0.29, 0.717) is 33.1 Å². The first-order chi connectivity index (χ1) is 10.6. The van der Waals surface area contributed by atoms with Crippen molar-refractivity contribution in [2.24, 2.45) is 0 Å². The van der Waals surface area contributed by atoms with E-state index in [1.807, 2.05) is 0 Å². The van der Waals surface area contributed by atoms with Crippen LogP contribution in [0.4, 0.5) is 8.78 Å². The number of fused-ring (bicyclic) bond motifs is 2. The topological polar surface area (TPSA) is 48.6 Å². The van der Waals surface area contributed by atoms with Crippen LogP contribution in [0.5, 0.6) is 0 Å². The number of hydrogen-bond acceptors (Lipinski definition) is 1. The quantitative estimate of drug-likeness (QED) is 0.536. The summed E-state index contributed by atoms with van der Waals surface area (Å²) in [4.78, 5) is 18.4. The van der Waals surface area contributed by atoms with E-state index in [1.54, 1.807) is 24.3 Å². The van der Waals surface area contributed by atoms with Gasteiger partial charge in [-0.25, -0.2) is 8.78 Å². The lowest BCUT2D eigenvalue weighted by Gasteiger charge is -1.97. The average Bonchev–Trinajstić information content (AvgIpc) is 3.10. The molecule has 108 valence electrons. The van der Waals surface area contributed by atoms with Gasteiger partial charge in [-0.2, -0.15) is 0 Å². The number of aromatic amines is 2. The highest BCUT2D eigenvalue weighted by atomic mass is 19.1. The van der Waals surface area contributed by atoms with Crippen molar-refractivity contribution in [1.29, 1.82) is 0 Å². The molecule has 22 heavy (non-hydrogen) atoms. The third kappa shape index (κ3) is 1.83. The molecule has 2 N–H and O–H groups in total. The minimum absolute atomic E-state index is 0.270. The normalized spacial score (nSPS) is 11.4. The molecule has 5 heteroatoms. The number of carbonyl (C=O) groups excluding carboxylic acids is 1. The number of ketones is 1. The lowest BCUT2D eigenvalue weighted by Crippen LogP contribution is -2.00. The smallest absolute Gasteiger partial charge is 0.211 e. The van der Waals surface area contributed by atoms with Crippen molar-refractivity contribution in [2.45, 2.75) is 0 Å². The third-order valence-electron chi connectivity index (χ3n) is 3.74. The zero-order valence-corrected chi connectivity index (χ0v) is 11.3. The summed E-state index contributed by atoms with van der Waals surface area (Å²) >= 11 is 0. The van der Waals surface area contributed by atoms with Gasteiger partial charge in [0.1, 0.15) is 11.6 Å². The first-order valence-corrected chi connectivity index (χ1v) is 6.72. The van der Waals surface area contributed by atoms with Crippen molar-refractivity contribution < 1.29 is 13.6 Å². The lowest BCUT2D eigenvalue weighted by molar-refractivity contribution is 0.103. The molecular formula is C17H10F2N2O. The van der Waals surface area contributed by atoms with Gasteiger partial charge in [-0.15, -0.1) is 0 Å². The van der Waals surface area contributed by atoms with E-state index in [0.717, 1.165) is 0 Å². The molecule has 0 saturated heterocycles. The van der Waals surface area contributed by atoms with Crippen LogP contribution in [0, 0.1) is 11.6 Å². The second-order valence-electron chi connectivity index (χ2n) is 5.11. The molecule has 0 aliphatic carbocycles. The maximum atomic E-state index is 13.7. The third-order valence-corrected chi connectivity index (χ3v) is 3.74. The molecule has 4 aromatic rings. The molecule has 0 saturated carbocycles. The molecule has 0 unspecified atom stereocenters. The Balaban J connectivity index is 1.86. The van der Waals surface area contributed by atoms with Gasteiger partial charge >= 0.3 is 0 Å². The summed E-state index contributed by atoms with van der Waals surface area (Å²) in [7, 11) is 0. The Morgan fingerprint density at radius 1 is 1.05 bits per heavy atom. The fourth-order valence-corrected chi connectivity index (χ4v) is 2.68. The molecular weight excluding hydrogens is 286 g/mol. The predicted octanol–water partition coefficient (Wildman–Crippen LogP) is 4.16. The van der Waals surface area contributed by atoms with Crippen LogP contribution in [0.25, 0.3) is 21.8 Å². The van der Waals surface area contributed by atoms with Crippen molar-refractivity contribution >= 4 is 27.6 Å². The number of hydrogen-bond donors (Lipinski definition) is 2. The largest absolute Gasteiger partial charge is 0.358 e. The molecule has 0 bridgehead atoms. The molecule has 0 atom stereocenters. The summed E-state index contributed by atoms with van der Waals surface area (Å²) in [6.45, 7) is 0. The van der Waals surface area contributed by atoms with Crippen LogP contribution in [0.15, 0.2) is 48.7 Å². The van der Waals surface area contributed by atoms with Crippen LogP contribution >= 0.6 is 0 Å². The van der Waals surface area contributed by atoms with Crippen LogP contribution in [0.3, 0.4) is 0 Å². The fourth-order valence-electron chi connectivity index (χ4n) is 2.68. The Hall–Kier alpha value is -2.95. The molecule has 0 amide bonds. The molecule has 0 fully saturated rings. The van der Waals surface area contributed by atoms with Gasteiger partial charge in [-0.05, 0) is 30.3 Å². The molecule has 0 radical (unpaired) electrons. The highest BCUT2D eigenvalue weighted by Crippen LogP contribution is 2.24. The van der Waals surface area contributed by atoms with Crippen LogP contribution < -0.4 is 0 Å².